The summed E-state index contributed by atoms with van der Waals surface area (Å²) in [4.78, 5) is 13.0. The van der Waals surface area contributed by atoms with Gasteiger partial charge in [0.25, 0.3) is 5.69 Å². The first kappa shape index (κ1) is 21.6. The van der Waals surface area contributed by atoms with Crippen molar-refractivity contribution in [2.75, 3.05) is 19.6 Å². The van der Waals surface area contributed by atoms with E-state index in [0.717, 1.165) is 12.8 Å². The van der Waals surface area contributed by atoms with Gasteiger partial charge in [-0.2, -0.15) is 0 Å². The topological polar surface area (TPSA) is 46.4 Å². The van der Waals surface area contributed by atoms with Gasteiger partial charge in [-0.15, -0.1) is 0 Å². The van der Waals surface area contributed by atoms with E-state index in [2.05, 4.69) is 18.7 Å². The number of rotatable bonds is 15. The predicted octanol–water partition coefficient (Wildman–Crippen LogP) is 5.99. The minimum atomic E-state index is -0.337. The lowest BCUT2D eigenvalue weighted by Gasteiger charge is -2.22. The molecule has 0 radical (unpaired) electrons. The molecule has 1 aromatic rings. The van der Waals surface area contributed by atoms with Crippen molar-refractivity contribution in [3.63, 3.8) is 0 Å². The van der Waals surface area contributed by atoms with Crippen LogP contribution in [-0.4, -0.2) is 29.5 Å². The Morgan fingerprint density at radius 1 is 0.800 bits per heavy atom. The van der Waals surface area contributed by atoms with Gasteiger partial charge in [-0.3, -0.25) is 10.1 Å². The van der Waals surface area contributed by atoms with E-state index >= 15 is 0 Å². The van der Waals surface area contributed by atoms with Crippen molar-refractivity contribution in [1.29, 1.82) is 0 Å². The summed E-state index contributed by atoms with van der Waals surface area (Å²) in [6, 6.07) is 7.00. The lowest BCUT2D eigenvalue weighted by atomic mass is 10.1. The van der Waals surface area contributed by atoms with E-state index in [0.29, 0.717) is 0 Å². The quantitative estimate of drug-likeness (QED) is 0.222. The molecule has 0 saturated carbocycles. The van der Waals surface area contributed by atoms with Crippen LogP contribution in [0.3, 0.4) is 0 Å². The van der Waals surface area contributed by atoms with E-state index in [1.54, 1.807) is 12.1 Å². The minimum absolute atomic E-state index is 0.178. The number of benzene rings is 1. The van der Waals surface area contributed by atoms with Gasteiger partial charge < -0.3 is 4.90 Å². The van der Waals surface area contributed by atoms with Gasteiger partial charge in [0.1, 0.15) is 0 Å². The Balaban J connectivity index is 2.24. The molecule has 142 valence electrons. The van der Waals surface area contributed by atoms with Crippen molar-refractivity contribution in [1.82, 2.24) is 4.90 Å². The second-order valence-corrected chi connectivity index (χ2v) is 6.99. The number of non-ortho nitro benzene ring substituents is 1. The summed E-state index contributed by atoms with van der Waals surface area (Å²) in [5, 5.41) is 10.7. The average molecular weight is 349 g/mol. The monoisotopic (exact) mass is 348 g/mol. The van der Waals surface area contributed by atoms with E-state index in [-0.39, 0.29) is 10.6 Å². The Hall–Kier alpha value is -1.42. The maximum atomic E-state index is 10.7. The van der Waals surface area contributed by atoms with Crippen LogP contribution in [-0.2, 0) is 6.42 Å². The SMILES string of the molecule is CCCCCCCN(CCCC)CCCCc1ccc([N+](=O)[O-])cc1. The fourth-order valence-corrected chi connectivity index (χ4v) is 3.10. The average Bonchev–Trinajstić information content (AvgIpc) is 2.62. The van der Waals surface area contributed by atoms with Gasteiger partial charge in [0.05, 0.1) is 4.92 Å². The normalized spacial score (nSPS) is 11.2. The lowest BCUT2D eigenvalue weighted by molar-refractivity contribution is -0.384. The molecule has 4 nitrogen and oxygen atoms in total. The number of nitrogens with zero attached hydrogens (tertiary/aromatic N) is 2. The van der Waals surface area contributed by atoms with Gasteiger partial charge in [0, 0.05) is 12.1 Å². The highest BCUT2D eigenvalue weighted by Crippen LogP contribution is 2.14. The maximum Gasteiger partial charge on any atom is 0.269 e. The van der Waals surface area contributed by atoms with Gasteiger partial charge in [-0.05, 0) is 57.3 Å². The summed E-state index contributed by atoms with van der Waals surface area (Å²) in [6.45, 7) is 8.16. The van der Waals surface area contributed by atoms with E-state index in [1.165, 1.54) is 76.6 Å². The number of unbranched alkanes of at least 4 members (excludes halogenated alkanes) is 6. The first-order chi connectivity index (χ1) is 12.2. The van der Waals surface area contributed by atoms with Crippen LogP contribution < -0.4 is 0 Å². The first-order valence-electron chi connectivity index (χ1n) is 10.1. The second-order valence-electron chi connectivity index (χ2n) is 6.99. The van der Waals surface area contributed by atoms with Crippen LogP contribution in [0.5, 0.6) is 0 Å². The fourth-order valence-electron chi connectivity index (χ4n) is 3.10. The van der Waals surface area contributed by atoms with Gasteiger partial charge >= 0.3 is 0 Å². The summed E-state index contributed by atoms with van der Waals surface area (Å²) in [6.07, 6.45) is 12.6. The maximum absolute atomic E-state index is 10.7. The van der Waals surface area contributed by atoms with Crippen LogP contribution in [0.25, 0.3) is 0 Å². The summed E-state index contributed by atoms with van der Waals surface area (Å²) < 4.78 is 0. The van der Waals surface area contributed by atoms with Crippen molar-refractivity contribution >= 4 is 5.69 Å². The van der Waals surface area contributed by atoms with Crippen molar-refractivity contribution < 1.29 is 4.92 Å². The smallest absolute Gasteiger partial charge is 0.269 e. The van der Waals surface area contributed by atoms with Crippen LogP contribution in [0.15, 0.2) is 24.3 Å². The van der Waals surface area contributed by atoms with Crippen LogP contribution in [0.1, 0.15) is 77.2 Å². The van der Waals surface area contributed by atoms with Gasteiger partial charge in [-0.1, -0.05) is 58.1 Å². The van der Waals surface area contributed by atoms with E-state index < -0.39 is 0 Å². The molecule has 0 saturated heterocycles. The molecule has 0 aliphatic rings. The Labute approximate surface area is 153 Å². The highest BCUT2D eigenvalue weighted by Gasteiger charge is 2.06. The highest BCUT2D eigenvalue weighted by atomic mass is 16.6. The summed E-state index contributed by atoms with van der Waals surface area (Å²) in [7, 11) is 0. The van der Waals surface area contributed by atoms with Gasteiger partial charge in [-0.25, -0.2) is 0 Å². The van der Waals surface area contributed by atoms with Crippen LogP contribution in [0.2, 0.25) is 0 Å². The molecule has 0 aliphatic carbocycles. The molecule has 25 heavy (non-hydrogen) atoms. The molecule has 1 rings (SSSR count). The lowest BCUT2D eigenvalue weighted by Crippen LogP contribution is -2.27. The van der Waals surface area contributed by atoms with Crippen molar-refractivity contribution in [3.8, 4) is 0 Å². The molecule has 0 amide bonds. The molecule has 0 bridgehead atoms. The molecule has 0 spiro atoms. The standard InChI is InChI=1S/C21H36N2O2/c1-3-5-7-8-10-18-22(17-6-4-2)19-11-9-12-20-13-15-21(16-14-20)23(24)25/h13-16H,3-12,17-19H2,1-2H3. The molecular formula is C21H36N2O2. The van der Waals surface area contributed by atoms with E-state index in [9.17, 15) is 10.1 Å². The largest absolute Gasteiger partial charge is 0.303 e. The van der Waals surface area contributed by atoms with Crippen LogP contribution in [0.4, 0.5) is 5.69 Å². The Bertz CT molecular complexity index is 459. The van der Waals surface area contributed by atoms with Crippen molar-refractivity contribution in [3.05, 3.63) is 39.9 Å². The number of hydrogen-bond donors (Lipinski definition) is 0. The zero-order chi connectivity index (χ0) is 18.3. The summed E-state index contributed by atoms with van der Waals surface area (Å²) >= 11 is 0. The minimum Gasteiger partial charge on any atom is -0.303 e. The van der Waals surface area contributed by atoms with Crippen LogP contribution >= 0.6 is 0 Å². The van der Waals surface area contributed by atoms with E-state index in [1.807, 2.05) is 12.1 Å². The number of aryl methyl sites for hydroxylation is 1. The van der Waals surface area contributed by atoms with E-state index in [4.69, 9.17) is 0 Å². The van der Waals surface area contributed by atoms with Crippen molar-refractivity contribution in [2.45, 2.75) is 78.1 Å². The molecule has 0 N–H and O–H groups in total. The predicted molar refractivity (Wildman–Crippen MR) is 106 cm³/mol. The molecule has 0 fully saturated rings. The fraction of sp³-hybridized carbons (Fsp3) is 0.714. The van der Waals surface area contributed by atoms with Crippen molar-refractivity contribution in [2.24, 2.45) is 0 Å². The molecular weight excluding hydrogens is 312 g/mol. The molecule has 0 atom stereocenters. The Kier molecular flexibility index (Phi) is 12.0. The molecule has 0 heterocycles. The molecule has 0 unspecified atom stereocenters. The van der Waals surface area contributed by atoms with Gasteiger partial charge in [0.2, 0.25) is 0 Å². The zero-order valence-electron chi connectivity index (χ0n) is 16.2. The summed E-state index contributed by atoms with van der Waals surface area (Å²) in [5.74, 6) is 0. The molecule has 4 heteroatoms. The molecule has 0 aromatic heterocycles. The number of nitro benzene ring substituents is 1. The molecule has 1 aromatic carbocycles. The third kappa shape index (κ3) is 10.2. The Morgan fingerprint density at radius 2 is 1.36 bits per heavy atom. The highest BCUT2D eigenvalue weighted by molar-refractivity contribution is 5.32. The summed E-state index contributed by atoms with van der Waals surface area (Å²) in [5.41, 5.74) is 1.38. The second kappa shape index (κ2) is 13.8. The van der Waals surface area contributed by atoms with Crippen LogP contribution in [0, 0.1) is 10.1 Å². The number of hydrogen-bond acceptors (Lipinski definition) is 3. The third-order valence-corrected chi connectivity index (χ3v) is 4.74. The first-order valence-corrected chi connectivity index (χ1v) is 10.1. The zero-order valence-corrected chi connectivity index (χ0v) is 16.2. The van der Waals surface area contributed by atoms with Gasteiger partial charge in [0.15, 0.2) is 0 Å². The number of nitro groups is 1. The molecule has 0 aliphatic heterocycles. The Morgan fingerprint density at radius 3 is 1.96 bits per heavy atom. The third-order valence-electron chi connectivity index (χ3n) is 4.74.